The van der Waals surface area contributed by atoms with Crippen LogP contribution in [0.1, 0.15) is 35.7 Å². The summed E-state index contributed by atoms with van der Waals surface area (Å²) in [5.41, 5.74) is 2.42. The fraction of sp³-hybridized carbons (Fsp3) is 0.357. The number of anilines is 1. The van der Waals surface area contributed by atoms with Crippen molar-refractivity contribution in [3.63, 3.8) is 0 Å². The van der Waals surface area contributed by atoms with Crippen LogP contribution in [-0.2, 0) is 11.2 Å². The number of amides is 1. The Hall–Kier alpha value is -2.15. The van der Waals surface area contributed by atoms with Crippen molar-refractivity contribution in [2.75, 3.05) is 11.4 Å². The third kappa shape index (κ3) is 2.25. The molecule has 0 saturated carbocycles. The molecule has 4 nitrogen and oxygen atoms in total. The molecule has 0 aliphatic carbocycles. The van der Waals surface area contributed by atoms with Crippen LogP contribution in [0.2, 0.25) is 0 Å². The average Bonchev–Trinajstić information content (AvgIpc) is 2.65. The van der Waals surface area contributed by atoms with E-state index in [1.54, 1.807) is 17.0 Å². The molecule has 0 aromatic heterocycles. The zero-order valence-corrected chi connectivity index (χ0v) is 10.3. The molecule has 0 N–H and O–H groups in total. The molecule has 0 spiro atoms. The monoisotopic (exact) mass is 242 g/mol. The molecular formula is C14H14N2O2. The molecule has 1 aromatic rings. The maximum Gasteiger partial charge on any atom is 0.231 e. The zero-order chi connectivity index (χ0) is 13.1. The lowest BCUT2D eigenvalue weighted by atomic mass is 10.1. The molecular weight excluding hydrogens is 228 g/mol. The molecule has 1 amide bonds. The molecule has 4 heteroatoms. The molecule has 1 aliphatic heterocycles. The standard InChI is InChI=1S/C14H14N2O2/c1-10(17)11-4-5-13-12(8-11)9-14(18)16(13)7-3-2-6-15/h4-5,8H,2-3,7,9H2,1H3. The van der Waals surface area contributed by atoms with Gasteiger partial charge in [-0.3, -0.25) is 9.59 Å². The van der Waals surface area contributed by atoms with Gasteiger partial charge in [-0.25, -0.2) is 0 Å². The van der Waals surface area contributed by atoms with Crippen LogP contribution in [0.15, 0.2) is 18.2 Å². The maximum atomic E-state index is 11.9. The van der Waals surface area contributed by atoms with Crippen LogP contribution in [0.4, 0.5) is 5.69 Å². The summed E-state index contributed by atoms with van der Waals surface area (Å²) in [6.07, 6.45) is 1.48. The minimum atomic E-state index is 0.00757. The van der Waals surface area contributed by atoms with Crippen molar-refractivity contribution < 1.29 is 9.59 Å². The third-order valence-electron chi connectivity index (χ3n) is 3.09. The number of carbonyl (C=O) groups excluding carboxylic acids is 2. The Labute approximate surface area is 106 Å². The first-order chi connectivity index (χ1) is 8.63. The van der Waals surface area contributed by atoms with Gasteiger partial charge < -0.3 is 4.90 Å². The lowest BCUT2D eigenvalue weighted by Crippen LogP contribution is -2.27. The lowest BCUT2D eigenvalue weighted by molar-refractivity contribution is -0.117. The predicted octanol–water partition coefficient (Wildman–Crippen LogP) is 2.08. The van der Waals surface area contributed by atoms with Gasteiger partial charge in [-0.05, 0) is 37.1 Å². The van der Waals surface area contributed by atoms with Gasteiger partial charge in [0.1, 0.15) is 0 Å². The number of rotatable bonds is 4. The summed E-state index contributed by atoms with van der Waals surface area (Å²) >= 11 is 0. The van der Waals surface area contributed by atoms with E-state index in [2.05, 4.69) is 6.07 Å². The van der Waals surface area contributed by atoms with E-state index in [0.717, 1.165) is 11.3 Å². The van der Waals surface area contributed by atoms with Crippen molar-refractivity contribution in [3.8, 4) is 6.07 Å². The Morgan fingerprint density at radius 2 is 2.28 bits per heavy atom. The predicted molar refractivity (Wildman–Crippen MR) is 67.4 cm³/mol. The maximum absolute atomic E-state index is 11.9. The minimum absolute atomic E-state index is 0.00757. The molecule has 0 bridgehead atoms. The fourth-order valence-electron chi connectivity index (χ4n) is 2.16. The summed E-state index contributed by atoms with van der Waals surface area (Å²) in [7, 11) is 0. The van der Waals surface area contributed by atoms with Crippen molar-refractivity contribution in [3.05, 3.63) is 29.3 Å². The second kappa shape index (κ2) is 5.01. The van der Waals surface area contributed by atoms with Crippen LogP contribution >= 0.6 is 0 Å². The highest BCUT2D eigenvalue weighted by Gasteiger charge is 2.27. The summed E-state index contributed by atoms with van der Waals surface area (Å²) in [4.78, 5) is 24.9. The Kier molecular flexibility index (Phi) is 3.42. The summed E-state index contributed by atoms with van der Waals surface area (Å²) < 4.78 is 0. The number of unbranched alkanes of at least 4 members (excludes halogenated alkanes) is 1. The average molecular weight is 242 g/mol. The first kappa shape index (κ1) is 12.3. The second-order valence-corrected chi connectivity index (χ2v) is 4.38. The van der Waals surface area contributed by atoms with Crippen LogP contribution in [0.5, 0.6) is 0 Å². The first-order valence-electron chi connectivity index (χ1n) is 5.94. The quantitative estimate of drug-likeness (QED) is 0.600. The number of benzene rings is 1. The molecule has 0 radical (unpaired) electrons. The molecule has 92 valence electrons. The van der Waals surface area contributed by atoms with Gasteiger partial charge in [-0.1, -0.05) is 0 Å². The van der Waals surface area contributed by atoms with Gasteiger partial charge in [0.15, 0.2) is 5.78 Å². The number of ketones is 1. The summed E-state index contributed by atoms with van der Waals surface area (Å²) in [5, 5.41) is 8.51. The van der Waals surface area contributed by atoms with E-state index < -0.39 is 0 Å². The minimum Gasteiger partial charge on any atom is -0.312 e. The zero-order valence-electron chi connectivity index (χ0n) is 10.3. The van der Waals surface area contributed by atoms with Crippen LogP contribution in [0, 0.1) is 11.3 Å². The molecule has 0 saturated heterocycles. The highest BCUT2D eigenvalue weighted by molar-refractivity contribution is 6.03. The Morgan fingerprint density at radius 1 is 1.50 bits per heavy atom. The van der Waals surface area contributed by atoms with E-state index in [9.17, 15) is 9.59 Å². The number of carbonyl (C=O) groups is 2. The normalized spacial score (nSPS) is 13.3. The van der Waals surface area contributed by atoms with Crippen molar-refractivity contribution in [1.29, 1.82) is 5.26 Å². The lowest BCUT2D eigenvalue weighted by Gasteiger charge is -2.16. The van der Waals surface area contributed by atoms with Crippen molar-refractivity contribution >= 4 is 17.4 Å². The van der Waals surface area contributed by atoms with Crippen molar-refractivity contribution in [1.82, 2.24) is 0 Å². The van der Waals surface area contributed by atoms with Gasteiger partial charge in [-0.2, -0.15) is 5.26 Å². The Balaban J connectivity index is 2.22. The smallest absolute Gasteiger partial charge is 0.231 e. The first-order valence-corrected chi connectivity index (χ1v) is 5.94. The van der Waals surface area contributed by atoms with Gasteiger partial charge in [0.05, 0.1) is 12.5 Å². The van der Waals surface area contributed by atoms with Gasteiger partial charge in [-0.15, -0.1) is 0 Å². The molecule has 0 unspecified atom stereocenters. The van der Waals surface area contributed by atoms with Gasteiger partial charge in [0.2, 0.25) is 5.91 Å². The van der Waals surface area contributed by atoms with E-state index in [1.807, 2.05) is 6.07 Å². The third-order valence-corrected chi connectivity index (χ3v) is 3.09. The Morgan fingerprint density at radius 3 is 2.94 bits per heavy atom. The molecule has 18 heavy (non-hydrogen) atoms. The van der Waals surface area contributed by atoms with Gasteiger partial charge in [0, 0.05) is 24.2 Å². The topological polar surface area (TPSA) is 61.2 Å². The molecule has 0 fully saturated rings. The number of Topliss-reactive ketones (excluding diaryl/α,β-unsaturated/α-hetero) is 1. The van der Waals surface area contributed by atoms with Crippen LogP contribution in [0.3, 0.4) is 0 Å². The molecule has 1 heterocycles. The Bertz CT molecular complexity index is 543. The van der Waals surface area contributed by atoms with Crippen LogP contribution < -0.4 is 4.90 Å². The van der Waals surface area contributed by atoms with Gasteiger partial charge >= 0.3 is 0 Å². The molecule has 1 aliphatic rings. The van der Waals surface area contributed by atoms with Crippen molar-refractivity contribution in [2.24, 2.45) is 0 Å². The summed E-state index contributed by atoms with van der Waals surface area (Å²) in [6.45, 7) is 2.09. The summed E-state index contributed by atoms with van der Waals surface area (Å²) in [6, 6.07) is 7.43. The van der Waals surface area contributed by atoms with E-state index in [-0.39, 0.29) is 11.7 Å². The molecule has 2 rings (SSSR count). The fourth-order valence-corrected chi connectivity index (χ4v) is 2.16. The highest BCUT2D eigenvalue weighted by atomic mass is 16.2. The SMILES string of the molecule is CC(=O)c1ccc2c(c1)CC(=O)N2CCCC#N. The molecule has 0 atom stereocenters. The van der Waals surface area contributed by atoms with Crippen molar-refractivity contribution in [2.45, 2.75) is 26.2 Å². The van der Waals surface area contributed by atoms with E-state index >= 15 is 0 Å². The largest absolute Gasteiger partial charge is 0.312 e. The highest BCUT2D eigenvalue weighted by Crippen LogP contribution is 2.30. The number of nitrogens with zero attached hydrogens (tertiary/aromatic N) is 2. The summed E-state index contributed by atoms with van der Waals surface area (Å²) in [5.74, 6) is 0.0526. The van der Waals surface area contributed by atoms with E-state index in [0.29, 0.717) is 31.4 Å². The number of fused-ring (bicyclic) bond motifs is 1. The second-order valence-electron chi connectivity index (χ2n) is 4.38. The van der Waals surface area contributed by atoms with Gasteiger partial charge in [0.25, 0.3) is 0 Å². The van der Waals surface area contributed by atoms with Crippen LogP contribution in [-0.4, -0.2) is 18.2 Å². The number of hydrogen-bond acceptors (Lipinski definition) is 3. The van der Waals surface area contributed by atoms with Crippen LogP contribution in [0.25, 0.3) is 0 Å². The van der Waals surface area contributed by atoms with E-state index in [4.69, 9.17) is 5.26 Å². The molecule has 1 aromatic carbocycles. The number of hydrogen-bond donors (Lipinski definition) is 0. The number of nitriles is 1. The van der Waals surface area contributed by atoms with E-state index in [1.165, 1.54) is 6.92 Å².